The molecule has 0 atom stereocenters. The van der Waals surface area contributed by atoms with Crippen molar-refractivity contribution in [2.45, 2.75) is 45.1 Å². The maximum absolute atomic E-state index is 12.1. The van der Waals surface area contributed by atoms with Crippen LogP contribution < -0.4 is 10.5 Å². The van der Waals surface area contributed by atoms with Crippen molar-refractivity contribution in [2.24, 2.45) is 0 Å². The molecule has 0 radical (unpaired) electrons. The first-order valence-electron chi connectivity index (χ1n) is 7.91. The number of rotatable bonds is 2. The third-order valence-electron chi connectivity index (χ3n) is 3.88. The Morgan fingerprint density at radius 3 is 2.38 bits per heavy atom. The lowest BCUT2D eigenvalue weighted by Gasteiger charge is -2.33. The second kappa shape index (κ2) is 9.03. The average Bonchev–Trinajstić information content (AvgIpc) is 2.56. The number of methoxy groups -OCH3 is 1. The number of ether oxygens (including phenoxy) is 2. The molecule has 136 valence electrons. The minimum Gasteiger partial charge on any atom is -0.495 e. The Balaban J connectivity index is 0.00000139. The van der Waals surface area contributed by atoms with Crippen molar-refractivity contribution >= 4 is 24.7 Å². The standard InChI is InChI=1S/C17H26N2O3.H2OS/c1-17(2,3)22-16(20)19-9-7-12(8-10-19)13-5-6-14(18)15(11-13)21-4;1-2/h5-6,11-12H,7-10,18H2,1-4H3;1-2H. The van der Waals surface area contributed by atoms with E-state index in [4.69, 9.17) is 19.8 Å². The number of nitrogens with zero attached hydrogens (tertiary/aromatic N) is 1. The molecule has 1 aromatic rings. The molecular weight excluding hydrogens is 328 g/mol. The zero-order valence-electron chi connectivity index (χ0n) is 14.8. The molecule has 0 unspecified atom stereocenters. The van der Waals surface area contributed by atoms with Crippen molar-refractivity contribution in [1.29, 1.82) is 0 Å². The predicted molar refractivity (Wildman–Crippen MR) is 98.8 cm³/mol. The van der Waals surface area contributed by atoms with Gasteiger partial charge >= 0.3 is 6.09 Å². The Labute approximate surface area is 149 Å². The first-order chi connectivity index (χ1) is 11.3. The lowest BCUT2D eigenvalue weighted by atomic mass is 9.89. The van der Waals surface area contributed by atoms with Crippen LogP contribution in [0.4, 0.5) is 10.5 Å². The van der Waals surface area contributed by atoms with Gasteiger partial charge in [0.15, 0.2) is 0 Å². The van der Waals surface area contributed by atoms with E-state index < -0.39 is 5.60 Å². The quantitative estimate of drug-likeness (QED) is 0.426. The van der Waals surface area contributed by atoms with Crippen LogP contribution >= 0.6 is 12.9 Å². The van der Waals surface area contributed by atoms with Gasteiger partial charge < -0.3 is 24.7 Å². The van der Waals surface area contributed by atoms with Crippen LogP contribution in [0.3, 0.4) is 0 Å². The number of carbonyl (C=O) groups excluding carboxylic acids is 1. The number of nitrogen functional groups attached to an aromatic ring is 1. The number of thiol groups is 1. The summed E-state index contributed by atoms with van der Waals surface area (Å²) >= 11 is 2.53. The molecule has 0 spiro atoms. The van der Waals surface area contributed by atoms with E-state index in [1.54, 1.807) is 12.0 Å². The molecule has 0 aromatic heterocycles. The highest BCUT2D eigenvalue weighted by molar-refractivity contribution is 7.74. The molecule has 0 aliphatic carbocycles. The van der Waals surface area contributed by atoms with Gasteiger partial charge in [-0.15, -0.1) is 0 Å². The summed E-state index contributed by atoms with van der Waals surface area (Å²) in [5, 5.41) is 0. The Hall–Kier alpha value is -1.60. The summed E-state index contributed by atoms with van der Waals surface area (Å²) in [6.45, 7) is 7.09. The normalized spacial score (nSPS) is 15.3. The molecule has 6 nitrogen and oxygen atoms in total. The number of piperidine rings is 1. The molecule has 1 saturated heterocycles. The van der Waals surface area contributed by atoms with Gasteiger partial charge in [0.1, 0.15) is 11.4 Å². The number of likely N-dealkylation sites (tertiary alicyclic amines) is 1. The maximum Gasteiger partial charge on any atom is 0.410 e. The largest absolute Gasteiger partial charge is 0.495 e. The molecule has 7 heteroatoms. The van der Waals surface area contributed by atoms with Gasteiger partial charge in [-0.3, -0.25) is 0 Å². The van der Waals surface area contributed by atoms with E-state index in [9.17, 15) is 4.79 Å². The van der Waals surface area contributed by atoms with Crippen molar-refractivity contribution in [1.82, 2.24) is 4.90 Å². The predicted octanol–water partition coefficient (Wildman–Crippen LogP) is 3.78. The minimum atomic E-state index is -0.446. The van der Waals surface area contributed by atoms with Gasteiger partial charge in [-0.1, -0.05) is 6.07 Å². The highest BCUT2D eigenvalue weighted by Gasteiger charge is 2.27. The number of nitrogens with two attached hydrogens (primary N) is 1. The summed E-state index contributed by atoms with van der Waals surface area (Å²) in [5.74, 6) is 1.14. The first-order valence-corrected chi connectivity index (χ1v) is 8.31. The van der Waals surface area contributed by atoms with Crippen molar-refractivity contribution in [3.05, 3.63) is 23.8 Å². The van der Waals surface area contributed by atoms with E-state index in [2.05, 4.69) is 12.9 Å². The van der Waals surface area contributed by atoms with Crippen LogP contribution in [0.25, 0.3) is 0 Å². The molecule has 1 aromatic carbocycles. The lowest BCUT2D eigenvalue weighted by Crippen LogP contribution is -2.41. The van der Waals surface area contributed by atoms with E-state index in [-0.39, 0.29) is 6.09 Å². The van der Waals surface area contributed by atoms with E-state index in [1.165, 1.54) is 5.56 Å². The average molecular weight is 356 g/mol. The molecular formula is C17H28N2O4S. The Morgan fingerprint density at radius 2 is 1.88 bits per heavy atom. The van der Waals surface area contributed by atoms with Crippen LogP contribution in [0, 0.1) is 0 Å². The van der Waals surface area contributed by atoms with Gasteiger partial charge in [0, 0.05) is 13.1 Å². The second-order valence-electron chi connectivity index (χ2n) is 6.74. The molecule has 0 saturated carbocycles. The molecule has 1 fully saturated rings. The smallest absolute Gasteiger partial charge is 0.410 e. The number of benzene rings is 1. The van der Waals surface area contributed by atoms with Crippen molar-refractivity contribution in [2.75, 3.05) is 25.9 Å². The van der Waals surface area contributed by atoms with Crippen LogP contribution in [-0.2, 0) is 4.74 Å². The third-order valence-corrected chi connectivity index (χ3v) is 3.88. The van der Waals surface area contributed by atoms with Gasteiger partial charge in [-0.05, 0) is 70.1 Å². The molecule has 1 aliphatic heterocycles. The number of hydrogen-bond donors (Lipinski definition) is 3. The topological polar surface area (TPSA) is 85.0 Å². The molecule has 1 amide bonds. The molecule has 1 aliphatic rings. The molecule has 1 heterocycles. The van der Waals surface area contributed by atoms with Crippen molar-refractivity contribution in [3.63, 3.8) is 0 Å². The first kappa shape index (κ1) is 20.4. The molecule has 0 bridgehead atoms. The lowest BCUT2D eigenvalue weighted by molar-refractivity contribution is 0.0205. The zero-order valence-corrected chi connectivity index (χ0v) is 15.7. The van der Waals surface area contributed by atoms with Crippen molar-refractivity contribution < 1.29 is 18.8 Å². The third kappa shape index (κ3) is 5.79. The van der Waals surface area contributed by atoms with E-state index in [0.29, 0.717) is 30.4 Å². The highest BCUT2D eigenvalue weighted by atomic mass is 32.1. The maximum atomic E-state index is 12.1. The van der Waals surface area contributed by atoms with Crippen LogP contribution in [0.1, 0.15) is 45.1 Å². The fourth-order valence-corrected chi connectivity index (χ4v) is 2.70. The number of carbonyl (C=O) groups is 1. The van der Waals surface area contributed by atoms with Gasteiger partial charge in [0.25, 0.3) is 0 Å². The fourth-order valence-electron chi connectivity index (χ4n) is 2.70. The van der Waals surface area contributed by atoms with Crippen molar-refractivity contribution in [3.8, 4) is 5.75 Å². The number of hydrogen-bond acceptors (Lipinski definition) is 6. The number of anilines is 1. The second-order valence-corrected chi connectivity index (χ2v) is 6.74. The highest BCUT2D eigenvalue weighted by Crippen LogP contribution is 2.32. The summed E-state index contributed by atoms with van der Waals surface area (Å²) in [6.07, 6.45) is 1.62. The van der Waals surface area contributed by atoms with Gasteiger partial charge in [0.2, 0.25) is 0 Å². The Morgan fingerprint density at radius 1 is 1.29 bits per heavy atom. The molecule has 2 rings (SSSR count). The van der Waals surface area contributed by atoms with Crippen LogP contribution in [0.2, 0.25) is 0 Å². The van der Waals surface area contributed by atoms with E-state index >= 15 is 0 Å². The Bertz CT molecular complexity index is 538. The zero-order chi connectivity index (χ0) is 18.3. The Kier molecular flexibility index (Phi) is 7.69. The number of amides is 1. The minimum absolute atomic E-state index is 0.221. The van der Waals surface area contributed by atoms with E-state index in [0.717, 1.165) is 12.8 Å². The van der Waals surface area contributed by atoms with Gasteiger partial charge in [0.05, 0.1) is 12.8 Å². The van der Waals surface area contributed by atoms with Crippen LogP contribution in [0.5, 0.6) is 5.75 Å². The van der Waals surface area contributed by atoms with Gasteiger partial charge in [-0.25, -0.2) is 4.79 Å². The molecule has 3 N–H and O–H groups in total. The summed E-state index contributed by atoms with van der Waals surface area (Å²) in [6, 6.07) is 5.93. The fraction of sp³-hybridized carbons (Fsp3) is 0.588. The summed E-state index contributed by atoms with van der Waals surface area (Å²) in [4.78, 5) is 13.9. The van der Waals surface area contributed by atoms with Crippen LogP contribution in [0.15, 0.2) is 18.2 Å². The summed E-state index contributed by atoms with van der Waals surface area (Å²) in [5.41, 5.74) is 7.28. The summed E-state index contributed by atoms with van der Waals surface area (Å²) in [7, 11) is 1.63. The van der Waals surface area contributed by atoms with Crippen LogP contribution in [-0.4, -0.2) is 41.3 Å². The van der Waals surface area contributed by atoms with E-state index in [1.807, 2.05) is 39.0 Å². The van der Waals surface area contributed by atoms with Gasteiger partial charge in [-0.2, -0.15) is 0 Å². The molecule has 24 heavy (non-hydrogen) atoms. The monoisotopic (exact) mass is 356 g/mol. The SMILES string of the molecule is COc1cc(C2CCN(C(=O)OC(C)(C)C)CC2)ccc1N.OS. The summed E-state index contributed by atoms with van der Waals surface area (Å²) < 4.78 is 17.4.